The van der Waals surface area contributed by atoms with Crippen molar-refractivity contribution in [3.63, 3.8) is 0 Å². The van der Waals surface area contributed by atoms with Crippen molar-refractivity contribution in [1.82, 2.24) is 9.71 Å². The largest absolute Gasteiger partial charge is 0.449 e. The van der Waals surface area contributed by atoms with Crippen LogP contribution in [0, 0.1) is 6.92 Å². The van der Waals surface area contributed by atoms with E-state index in [4.69, 9.17) is 4.42 Å². The van der Waals surface area contributed by atoms with Crippen LogP contribution in [-0.4, -0.2) is 25.7 Å². The summed E-state index contributed by atoms with van der Waals surface area (Å²) in [5.41, 5.74) is 0.774. The molecule has 0 bridgehead atoms. The Kier molecular flexibility index (Phi) is 4.95. The van der Waals surface area contributed by atoms with Crippen molar-refractivity contribution in [2.45, 2.75) is 33.1 Å². The Balaban J connectivity index is 2.29. The molecule has 0 amide bonds. The minimum atomic E-state index is -3.12. The SMILES string of the molecule is CCCCS(=O)(=O)NCCc1coc(C)n1. The highest BCUT2D eigenvalue weighted by molar-refractivity contribution is 7.89. The van der Waals surface area contributed by atoms with Crippen LogP contribution in [0.15, 0.2) is 10.7 Å². The van der Waals surface area contributed by atoms with Crippen LogP contribution in [0.5, 0.6) is 0 Å². The molecule has 0 unspecified atom stereocenters. The van der Waals surface area contributed by atoms with E-state index >= 15 is 0 Å². The van der Waals surface area contributed by atoms with E-state index in [1.165, 1.54) is 0 Å². The Morgan fingerprint density at radius 2 is 2.25 bits per heavy atom. The molecule has 1 rings (SSSR count). The maximum absolute atomic E-state index is 11.4. The Morgan fingerprint density at radius 1 is 1.50 bits per heavy atom. The van der Waals surface area contributed by atoms with Gasteiger partial charge in [0, 0.05) is 19.9 Å². The standard InChI is InChI=1S/C10H18N2O3S/c1-3-4-7-16(13,14)11-6-5-10-8-15-9(2)12-10/h8,11H,3-7H2,1-2H3. The summed E-state index contributed by atoms with van der Waals surface area (Å²) >= 11 is 0. The van der Waals surface area contributed by atoms with E-state index in [2.05, 4.69) is 9.71 Å². The van der Waals surface area contributed by atoms with Gasteiger partial charge in [-0.1, -0.05) is 13.3 Å². The monoisotopic (exact) mass is 246 g/mol. The topological polar surface area (TPSA) is 72.2 Å². The van der Waals surface area contributed by atoms with Gasteiger partial charge in [-0.25, -0.2) is 18.1 Å². The van der Waals surface area contributed by atoms with Crippen molar-refractivity contribution in [1.29, 1.82) is 0 Å². The highest BCUT2D eigenvalue weighted by atomic mass is 32.2. The van der Waals surface area contributed by atoms with Gasteiger partial charge < -0.3 is 4.42 Å². The average molecular weight is 246 g/mol. The number of nitrogens with zero attached hydrogens (tertiary/aromatic N) is 1. The molecule has 0 radical (unpaired) electrons. The molecule has 0 aliphatic carbocycles. The first-order valence-corrected chi connectivity index (χ1v) is 7.07. The lowest BCUT2D eigenvalue weighted by molar-refractivity contribution is 0.520. The fraction of sp³-hybridized carbons (Fsp3) is 0.700. The van der Waals surface area contributed by atoms with Gasteiger partial charge in [-0.2, -0.15) is 0 Å². The number of hydrogen-bond acceptors (Lipinski definition) is 4. The van der Waals surface area contributed by atoms with Crippen LogP contribution in [0.3, 0.4) is 0 Å². The third-order valence-electron chi connectivity index (χ3n) is 2.14. The van der Waals surface area contributed by atoms with Crippen molar-refractivity contribution in [2.24, 2.45) is 0 Å². The maximum atomic E-state index is 11.4. The first kappa shape index (κ1) is 13.2. The van der Waals surface area contributed by atoms with Crippen molar-refractivity contribution in [3.05, 3.63) is 17.8 Å². The average Bonchev–Trinajstić information content (AvgIpc) is 2.61. The molecule has 6 heteroatoms. The molecule has 0 spiro atoms. The second-order valence-electron chi connectivity index (χ2n) is 3.67. The third-order valence-corrected chi connectivity index (χ3v) is 3.61. The third kappa shape index (κ3) is 4.76. The molecule has 1 N–H and O–H groups in total. The molecule has 0 aliphatic rings. The summed E-state index contributed by atoms with van der Waals surface area (Å²) in [5, 5.41) is 0. The second-order valence-corrected chi connectivity index (χ2v) is 5.60. The van der Waals surface area contributed by atoms with Gasteiger partial charge in [-0.3, -0.25) is 0 Å². The van der Waals surface area contributed by atoms with Gasteiger partial charge in [-0.15, -0.1) is 0 Å². The number of unbranched alkanes of at least 4 members (excludes halogenated alkanes) is 1. The van der Waals surface area contributed by atoms with Crippen LogP contribution in [-0.2, 0) is 16.4 Å². The summed E-state index contributed by atoms with van der Waals surface area (Å²) in [6.45, 7) is 4.10. The number of rotatable bonds is 7. The van der Waals surface area contributed by atoms with E-state index in [1.807, 2.05) is 6.92 Å². The van der Waals surface area contributed by atoms with Crippen LogP contribution < -0.4 is 4.72 Å². The minimum Gasteiger partial charge on any atom is -0.449 e. The molecule has 16 heavy (non-hydrogen) atoms. The zero-order valence-electron chi connectivity index (χ0n) is 9.69. The first-order valence-electron chi connectivity index (χ1n) is 5.42. The smallest absolute Gasteiger partial charge is 0.211 e. The van der Waals surface area contributed by atoms with E-state index in [-0.39, 0.29) is 5.75 Å². The molecule has 1 aromatic heterocycles. The van der Waals surface area contributed by atoms with Gasteiger partial charge in [0.05, 0.1) is 11.4 Å². The van der Waals surface area contributed by atoms with E-state index in [1.54, 1.807) is 13.2 Å². The summed E-state index contributed by atoms with van der Waals surface area (Å²) in [6.07, 6.45) is 3.68. The Hall–Kier alpha value is -0.880. The maximum Gasteiger partial charge on any atom is 0.211 e. The van der Waals surface area contributed by atoms with E-state index < -0.39 is 10.0 Å². The summed E-state index contributed by atoms with van der Waals surface area (Å²) in [4.78, 5) is 4.09. The second kappa shape index (κ2) is 6.00. The number of sulfonamides is 1. The highest BCUT2D eigenvalue weighted by Crippen LogP contribution is 2.01. The normalized spacial score (nSPS) is 11.9. The van der Waals surface area contributed by atoms with Gasteiger partial charge in [0.2, 0.25) is 10.0 Å². The summed E-state index contributed by atoms with van der Waals surface area (Å²) in [7, 11) is -3.12. The van der Waals surface area contributed by atoms with E-state index in [0.717, 1.165) is 12.1 Å². The van der Waals surface area contributed by atoms with Gasteiger partial charge >= 0.3 is 0 Å². The molecular formula is C10H18N2O3S. The number of hydrogen-bond donors (Lipinski definition) is 1. The van der Waals surface area contributed by atoms with Gasteiger partial charge in [-0.05, 0) is 6.42 Å². The fourth-order valence-corrected chi connectivity index (χ4v) is 2.49. The van der Waals surface area contributed by atoms with E-state index in [9.17, 15) is 8.42 Å². The number of aryl methyl sites for hydroxylation is 1. The Bertz CT molecular complexity index is 411. The summed E-state index contributed by atoms with van der Waals surface area (Å²) < 4.78 is 30.4. The van der Waals surface area contributed by atoms with Gasteiger partial charge in [0.15, 0.2) is 5.89 Å². The fourth-order valence-electron chi connectivity index (χ4n) is 1.26. The van der Waals surface area contributed by atoms with Crippen molar-refractivity contribution < 1.29 is 12.8 Å². The molecule has 0 fully saturated rings. The van der Waals surface area contributed by atoms with Crippen molar-refractivity contribution >= 4 is 10.0 Å². The number of nitrogens with one attached hydrogen (secondary N) is 1. The number of oxazole rings is 1. The molecular weight excluding hydrogens is 228 g/mol. The molecule has 1 aromatic rings. The summed E-state index contributed by atoms with van der Waals surface area (Å²) in [5.74, 6) is 0.797. The van der Waals surface area contributed by atoms with Crippen molar-refractivity contribution in [3.8, 4) is 0 Å². The Morgan fingerprint density at radius 3 is 2.81 bits per heavy atom. The molecule has 0 aliphatic heterocycles. The lowest BCUT2D eigenvalue weighted by Gasteiger charge is -2.04. The van der Waals surface area contributed by atoms with Crippen molar-refractivity contribution in [2.75, 3.05) is 12.3 Å². The lowest BCUT2D eigenvalue weighted by atomic mass is 10.3. The molecule has 92 valence electrons. The van der Waals surface area contributed by atoms with Crippen LogP contribution >= 0.6 is 0 Å². The lowest BCUT2D eigenvalue weighted by Crippen LogP contribution is -2.28. The molecule has 0 atom stereocenters. The quantitative estimate of drug-likeness (QED) is 0.785. The highest BCUT2D eigenvalue weighted by Gasteiger charge is 2.08. The first-order chi connectivity index (χ1) is 7.53. The zero-order chi connectivity index (χ0) is 12.0. The van der Waals surface area contributed by atoms with Crippen LogP contribution in [0.2, 0.25) is 0 Å². The van der Waals surface area contributed by atoms with Crippen LogP contribution in [0.4, 0.5) is 0 Å². The molecule has 0 saturated heterocycles. The van der Waals surface area contributed by atoms with Crippen LogP contribution in [0.1, 0.15) is 31.4 Å². The minimum absolute atomic E-state index is 0.196. The Labute approximate surface area is 96.3 Å². The molecule has 0 saturated carbocycles. The molecule has 1 heterocycles. The zero-order valence-corrected chi connectivity index (χ0v) is 10.5. The van der Waals surface area contributed by atoms with Gasteiger partial charge in [0.25, 0.3) is 0 Å². The van der Waals surface area contributed by atoms with E-state index in [0.29, 0.717) is 25.3 Å². The summed E-state index contributed by atoms with van der Waals surface area (Å²) in [6, 6.07) is 0. The molecule has 5 nitrogen and oxygen atoms in total. The molecule has 0 aromatic carbocycles. The number of aromatic nitrogens is 1. The predicted octanol–water partition coefficient (Wildman–Crippen LogP) is 1.25. The van der Waals surface area contributed by atoms with Crippen LogP contribution in [0.25, 0.3) is 0 Å². The predicted molar refractivity (Wildman–Crippen MR) is 61.6 cm³/mol. The van der Waals surface area contributed by atoms with Gasteiger partial charge in [0.1, 0.15) is 6.26 Å².